The lowest BCUT2D eigenvalue weighted by molar-refractivity contribution is 0.182. The third-order valence-corrected chi connectivity index (χ3v) is 5.41. The number of rotatable bonds is 8. The van der Waals surface area contributed by atoms with Gasteiger partial charge in [-0.2, -0.15) is 0 Å². The SMILES string of the molecule is COCc1ccc2c(n1)c(-c1cccc(SN(C)C)c1)c(C)n2C/C(F)=C/CN. The fraction of sp³-hybridized carbons (Fsp3) is 0.318. The van der Waals surface area contributed by atoms with Gasteiger partial charge in [-0.1, -0.05) is 12.1 Å². The van der Waals surface area contributed by atoms with Crippen LogP contribution < -0.4 is 5.73 Å². The molecule has 2 N–H and O–H groups in total. The van der Waals surface area contributed by atoms with E-state index in [2.05, 4.69) is 22.5 Å². The van der Waals surface area contributed by atoms with E-state index in [9.17, 15) is 4.39 Å². The molecule has 0 bridgehead atoms. The van der Waals surface area contributed by atoms with E-state index in [4.69, 9.17) is 15.5 Å². The Kier molecular flexibility index (Phi) is 7.08. The predicted molar refractivity (Wildman–Crippen MR) is 118 cm³/mol. The van der Waals surface area contributed by atoms with Gasteiger partial charge in [0.05, 0.1) is 29.9 Å². The van der Waals surface area contributed by atoms with Crippen molar-refractivity contribution in [2.24, 2.45) is 5.73 Å². The molecule has 0 saturated carbocycles. The summed E-state index contributed by atoms with van der Waals surface area (Å²) in [6.45, 7) is 2.75. The number of halogens is 1. The van der Waals surface area contributed by atoms with Crippen LogP contribution in [0.4, 0.5) is 4.39 Å². The molecule has 5 nitrogen and oxygen atoms in total. The summed E-state index contributed by atoms with van der Waals surface area (Å²) >= 11 is 1.66. The summed E-state index contributed by atoms with van der Waals surface area (Å²) in [5.41, 5.74) is 11.1. The summed E-state index contributed by atoms with van der Waals surface area (Å²) in [7, 11) is 5.68. The average molecular weight is 415 g/mol. The molecular formula is C22H27FN4OS. The van der Waals surface area contributed by atoms with Crippen molar-refractivity contribution < 1.29 is 9.13 Å². The van der Waals surface area contributed by atoms with Crippen molar-refractivity contribution in [3.05, 3.63) is 59.7 Å². The van der Waals surface area contributed by atoms with Crippen LogP contribution in [-0.2, 0) is 17.9 Å². The van der Waals surface area contributed by atoms with Crippen molar-refractivity contribution in [2.75, 3.05) is 27.7 Å². The van der Waals surface area contributed by atoms with Crippen LogP contribution in [0.25, 0.3) is 22.2 Å². The minimum atomic E-state index is -0.253. The quantitative estimate of drug-likeness (QED) is 0.549. The fourth-order valence-corrected chi connectivity index (χ4v) is 4.16. The Bertz CT molecular complexity index is 1030. The van der Waals surface area contributed by atoms with Gasteiger partial charge >= 0.3 is 0 Å². The summed E-state index contributed by atoms with van der Waals surface area (Å²) < 4.78 is 23.6. The fourth-order valence-electron chi connectivity index (χ4n) is 3.42. The lowest BCUT2D eigenvalue weighted by atomic mass is 10.1. The van der Waals surface area contributed by atoms with Crippen molar-refractivity contribution in [3.8, 4) is 11.1 Å². The highest BCUT2D eigenvalue weighted by atomic mass is 32.2. The highest BCUT2D eigenvalue weighted by Gasteiger charge is 2.19. The first-order valence-corrected chi connectivity index (χ1v) is 10.2. The third-order valence-electron chi connectivity index (χ3n) is 4.58. The number of nitrogens with zero attached hydrogens (tertiary/aromatic N) is 3. The summed E-state index contributed by atoms with van der Waals surface area (Å²) in [6.07, 6.45) is 1.41. The largest absolute Gasteiger partial charge is 0.378 e. The molecule has 0 fully saturated rings. The number of hydrogen-bond donors (Lipinski definition) is 1. The molecule has 0 radical (unpaired) electrons. The van der Waals surface area contributed by atoms with E-state index in [0.717, 1.165) is 38.4 Å². The van der Waals surface area contributed by atoms with Crippen LogP contribution in [-0.4, -0.2) is 41.6 Å². The summed E-state index contributed by atoms with van der Waals surface area (Å²) in [4.78, 5) is 5.97. The van der Waals surface area contributed by atoms with E-state index < -0.39 is 0 Å². The third kappa shape index (κ3) is 4.87. The van der Waals surface area contributed by atoms with Crippen molar-refractivity contribution >= 4 is 23.0 Å². The Hall–Kier alpha value is -2.19. The average Bonchev–Trinajstić information content (AvgIpc) is 2.93. The smallest absolute Gasteiger partial charge is 0.117 e. The molecule has 0 spiro atoms. The molecule has 0 unspecified atom stereocenters. The summed E-state index contributed by atoms with van der Waals surface area (Å²) in [6, 6.07) is 12.2. The van der Waals surface area contributed by atoms with Gasteiger partial charge in [0.1, 0.15) is 5.83 Å². The minimum Gasteiger partial charge on any atom is -0.378 e. The first-order chi connectivity index (χ1) is 13.9. The molecule has 2 aromatic heterocycles. The van der Waals surface area contributed by atoms with E-state index in [0.29, 0.717) is 6.61 Å². The number of hydrogen-bond acceptors (Lipinski definition) is 5. The zero-order valence-electron chi connectivity index (χ0n) is 17.3. The molecule has 0 atom stereocenters. The second kappa shape index (κ2) is 9.54. The van der Waals surface area contributed by atoms with Gasteiger partial charge in [0, 0.05) is 29.8 Å². The summed E-state index contributed by atoms with van der Waals surface area (Å²) in [5.74, 6) is -0.253. The normalized spacial score (nSPS) is 12.3. The van der Waals surface area contributed by atoms with Crippen LogP contribution in [0, 0.1) is 6.92 Å². The van der Waals surface area contributed by atoms with Gasteiger partial charge in [-0.05, 0) is 68.9 Å². The van der Waals surface area contributed by atoms with Gasteiger partial charge < -0.3 is 15.0 Å². The highest BCUT2D eigenvalue weighted by Crippen LogP contribution is 2.36. The minimum absolute atomic E-state index is 0.136. The maximum Gasteiger partial charge on any atom is 0.117 e. The zero-order valence-corrected chi connectivity index (χ0v) is 18.1. The molecule has 0 aliphatic heterocycles. The Morgan fingerprint density at radius 3 is 2.79 bits per heavy atom. The topological polar surface area (TPSA) is 56.3 Å². The molecular weight excluding hydrogens is 387 g/mol. The van der Waals surface area contributed by atoms with Gasteiger partial charge in [0.15, 0.2) is 0 Å². The van der Waals surface area contributed by atoms with E-state index in [1.165, 1.54) is 6.08 Å². The predicted octanol–water partition coefficient (Wildman–Crippen LogP) is 4.54. The highest BCUT2D eigenvalue weighted by molar-refractivity contribution is 7.97. The van der Waals surface area contributed by atoms with Crippen LogP contribution in [0.3, 0.4) is 0 Å². The first-order valence-electron chi connectivity index (χ1n) is 9.42. The first kappa shape index (κ1) is 21.5. The van der Waals surface area contributed by atoms with Crippen molar-refractivity contribution in [2.45, 2.75) is 25.0 Å². The van der Waals surface area contributed by atoms with Crippen LogP contribution >= 0.6 is 11.9 Å². The van der Waals surface area contributed by atoms with Gasteiger partial charge in [-0.25, -0.2) is 9.37 Å². The second-order valence-electron chi connectivity index (χ2n) is 6.97. The zero-order chi connectivity index (χ0) is 21.0. The number of methoxy groups -OCH3 is 1. The van der Waals surface area contributed by atoms with E-state index in [1.54, 1.807) is 19.1 Å². The lowest BCUT2D eigenvalue weighted by Crippen LogP contribution is -2.03. The molecule has 0 aliphatic carbocycles. The molecule has 3 rings (SSSR count). The van der Waals surface area contributed by atoms with Crippen LogP contribution in [0.2, 0.25) is 0 Å². The molecule has 0 saturated heterocycles. The number of benzene rings is 1. The monoisotopic (exact) mass is 414 g/mol. The molecule has 29 heavy (non-hydrogen) atoms. The van der Waals surface area contributed by atoms with Gasteiger partial charge in [0.2, 0.25) is 0 Å². The Labute approximate surface area is 175 Å². The Balaban J connectivity index is 2.20. The Morgan fingerprint density at radius 2 is 2.10 bits per heavy atom. The number of aromatic nitrogens is 2. The summed E-state index contributed by atoms with van der Waals surface area (Å²) in [5, 5.41) is 0. The number of pyridine rings is 1. The molecule has 1 aromatic carbocycles. The van der Waals surface area contributed by atoms with Crippen LogP contribution in [0.1, 0.15) is 11.4 Å². The van der Waals surface area contributed by atoms with Crippen LogP contribution in [0.5, 0.6) is 0 Å². The number of ether oxygens (including phenoxy) is 1. The number of fused-ring (bicyclic) bond motifs is 1. The van der Waals surface area contributed by atoms with Crippen LogP contribution in [0.15, 0.2) is 53.2 Å². The lowest BCUT2D eigenvalue weighted by Gasteiger charge is -2.10. The standard InChI is InChI=1S/C22H27FN4OS/c1-15-21(16-6-5-7-19(12-16)29-26(2)3)22-20(9-8-18(25-22)14-28-4)27(15)13-17(23)10-11-24/h5-10,12H,11,13-14,24H2,1-4H3/b17-10-. The van der Waals surface area contributed by atoms with E-state index in [1.807, 2.05) is 43.8 Å². The van der Waals surface area contributed by atoms with Gasteiger partial charge in [-0.15, -0.1) is 0 Å². The molecule has 0 aliphatic rings. The molecule has 7 heteroatoms. The Morgan fingerprint density at radius 1 is 1.31 bits per heavy atom. The van der Waals surface area contributed by atoms with Crippen molar-refractivity contribution in [3.63, 3.8) is 0 Å². The van der Waals surface area contributed by atoms with Gasteiger partial charge in [0.25, 0.3) is 0 Å². The van der Waals surface area contributed by atoms with E-state index >= 15 is 0 Å². The molecule has 154 valence electrons. The molecule has 3 aromatic rings. The number of nitrogens with two attached hydrogens (primary N) is 1. The van der Waals surface area contributed by atoms with E-state index in [-0.39, 0.29) is 18.9 Å². The maximum atomic E-state index is 14.3. The second-order valence-corrected chi connectivity index (χ2v) is 8.35. The molecule has 0 amide bonds. The van der Waals surface area contributed by atoms with Crippen molar-refractivity contribution in [1.82, 2.24) is 13.9 Å². The van der Waals surface area contributed by atoms with Gasteiger partial charge in [-0.3, -0.25) is 4.31 Å². The number of allylic oxidation sites excluding steroid dienone is 1. The maximum absolute atomic E-state index is 14.3. The van der Waals surface area contributed by atoms with Crippen molar-refractivity contribution in [1.29, 1.82) is 0 Å². The molecule has 2 heterocycles.